The zero-order valence-electron chi connectivity index (χ0n) is 18.4. The first-order valence-corrected chi connectivity index (χ1v) is 11.2. The normalized spacial score (nSPS) is 14.7. The highest BCUT2D eigenvalue weighted by molar-refractivity contribution is 7.20. The Morgan fingerprint density at radius 2 is 1.81 bits per heavy atom. The average molecular weight is 455 g/mol. The topological polar surface area (TPSA) is 70.1 Å². The van der Waals surface area contributed by atoms with Crippen molar-refractivity contribution in [2.24, 2.45) is 0 Å². The van der Waals surface area contributed by atoms with Crippen molar-refractivity contribution in [2.75, 3.05) is 34.4 Å². The fourth-order valence-corrected chi connectivity index (χ4v) is 4.49. The number of ether oxygens (including phenoxy) is 4. The van der Waals surface area contributed by atoms with E-state index >= 15 is 0 Å². The highest BCUT2D eigenvalue weighted by atomic mass is 32.1. The first-order chi connectivity index (χ1) is 15.6. The number of piperidine rings is 1. The third-order valence-electron chi connectivity index (χ3n) is 5.42. The first-order valence-electron chi connectivity index (χ1n) is 10.4. The summed E-state index contributed by atoms with van der Waals surface area (Å²) in [5.74, 6) is 2.06. The zero-order chi connectivity index (χ0) is 22.5. The number of thiazole rings is 1. The minimum Gasteiger partial charge on any atom is -0.497 e. The number of carbonyl (C=O) groups excluding carboxylic acids is 1. The van der Waals surface area contributed by atoms with E-state index in [1.54, 1.807) is 33.5 Å². The predicted octanol–water partition coefficient (Wildman–Crippen LogP) is 4.41. The lowest BCUT2D eigenvalue weighted by atomic mass is 10.1. The van der Waals surface area contributed by atoms with Gasteiger partial charge in [-0.3, -0.25) is 4.79 Å². The van der Waals surface area contributed by atoms with E-state index < -0.39 is 0 Å². The summed E-state index contributed by atoms with van der Waals surface area (Å²) in [6.45, 7) is 1.30. The third kappa shape index (κ3) is 4.96. The molecule has 1 aliphatic heterocycles. The molecule has 168 valence electrons. The maximum Gasteiger partial charge on any atom is 0.274 e. The van der Waals surface area contributed by atoms with Gasteiger partial charge in [0.25, 0.3) is 5.19 Å². The number of amides is 1. The first kappa shape index (κ1) is 22.0. The molecule has 1 aromatic heterocycles. The minimum atomic E-state index is -0.00897. The summed E-state index contributed by atoms with van der Waals surface area (Å²) >= 11 is 1.53. The van der Waals surface area contributed by atoms with Gasteiger partial charge in [-0.05, 0) is 35.9 Å². The van der Waals surface area contributed by atoms with Crippen LogP contribution in [0.4, 0.5) is 0 Å². The molecule has 8 heteroatoms. The van der Waals surface area contributed by atoms with Gasteiger partial charge in [0.05, 0.1) is 31.5 Å². The van der Waals surface area contributed by atoms with Crippen LogP contribution in [0, 0.1) is 0 Å². The monoisotopic (exact) mass is 454 g/mol. The number of likely N-dealkylation sites (tertiary alicyclic amines) is 1. The largest absolute Gasteiger partial charge is 0.497 e. The molecule has 0 radical (unpaired) electrons. The van der Waals surface area contributed by atoms with Crippen molar-refractivity contribution in [1.29, 1.82) is 0 Å². The van der Waals surface area contributed by atoms with E-state index in [4.69, 9.17) is 18.9 Å². The fraction of sp³-hybridized carbons (Fsp3) is 0.333. The molecule has 2 aromatic carbocycles. The van der Waals surface area contributed by atoms with E-state index in [-0.39, 0.29) is 12.0 Å². The average Bonchev–Trinajstić information content (AvgIpc) is 3.24. The van der Waals surface area contributed by atoms with E-state index in [2.05, 4.69) is 4.98 Å². The van der Waals surface area contributed by atoms with Crippen LogP contribution in [0.5, 0.6) is 22.4 Å². The molecule has 0 atom stereocenters. The van der Waals surface area contributed by atoms with Crippen molar-refractivity contribution < 1.29 is 23.7 Å². The summed E-state index contributed by atoms with van der Waals surface area (Å²) in [6.07, 6.45) is 4.99. The van der Waals surface area contributed by atoms with Crippen LogP contribution in [-0.2, 0) is 4.79 Å². The molecule has 0 N–H and O–H groups in total. The SMILES string of the molecule is COc1ccc2sc(OC3CCN(C(=O)/C=C/c4ccc(OC)c(OC)c4)CC3)nc2c1. The molecule has 1 fully saturated rings. The predicted molar refractivity (Wildman–Crippen MR) is 125 cm³/mol. The fourth-order valence-electron chi connectivity index (χ4n) is 3.63. The Morgan fingerprint density at radius 3 is 2.53 bits per heavy atom. The van der Waals surface area contributed by atoms with Crippen molar-refractivity contribution in [1.82, 2.24) is 9.88 Å². The molecular weight excluding hydrogens is 428 g/mol. The molecule has 0 aliphatic carbocycles. The Balaban J connectivity index is 1.31. The van der Waals surface area contributed by atoms with E-state index in [0.29, 0.717) is 29.8 Å². The lowest BCUT2D eigenvalue weighted by Crippen LogP contribution is -2.41. The highest BCUT2D eigenvalue weighted by Crippen LogP contribution is 2.32. The summed E-state index contributed by atoms with van der Waals surface area (Å²) < 4.78 is 23.0. The number of rotatable bonds is 7. The summed E-state index contributed by atoms with van der Waals surface area (Å²) in [4.78, 5) is 19.0. The second-order valence-electron chi connectivity index (χ2n) is 7.40. The Hall–Kier alpha value is -3.26. The molecule has 1 aliphatic rings. The Morgan fingerprint density at radius 1 is 1.03 bits per heavy atom. The van der Waals surface area contributed by atoms with Gasteiger partial charge in [0.2, 0.25) is 5.91 Å². The number of fused-ring (bicyclic) bond motifs is 1. The molecule has 2 heterocycles. The summed E-state index contributed by atoms with van der Waals surface area (Å²) in [6, 6.07) is 11.4. The van der Waals surface area contributed by atoms with Crippen molar-refractivity contribution in [3.63, 3.8) is 0 Å². The Labute approximate surface area is 191 Å². The van der Waals surface area contributed by atoms with Crippen molar-refractivity contribution >= 4 is 33.5 Å². The smallest absolute Gasteiger partial charge is 0.274 e. The summed E-state index contributed by atoms with van der Waals surface area (Å²) in [5, 5.41) is 0.659. The van der Waals surface area contributed by atoms with Crippen LogP contribution in [0.2, 0.25) is 0 Å². The van der Waals surface area contributed by atoms with Crippen LogP contribution in [0.15, 0.2) is 42.5 Å². The van der Waals surface area contributed by atoms with Crippen LogP contribution in [0.3, 0.4) is 0 Å². The second kappa shape index (κ2) is 9.91. The van der Waals surface area contributed by atoms with Crippen LogP contribution < -0.4 is 18.9 Å². The van der Waals surface area contributed by atoms with Crippen LogP contribution in [0.1, 0.15) is 18.4 Å². The number of nitrogens with zero attached hydrogens (tertiary/aromatic N) is 2. The minimum absolute atomic E-state index is 0.00897. The summed E-state index contributed by atoms with van der Waals surface area (Å²) in [7, 11) is 4.83. The standard InChI is InChI=1S/C24H26N2O5S/c1-28-18-6-8-22-19(15-18)25-24(32-22)31-17-10-12-26(13-11-17)23(27)9-5-16-4-7-20(29-2)21(14-16)30-3/h4-9,14-15,17H,10-13H2,1-3H3/b9-5+. The van der Waals surface area contributed by atoms with Gasteiger partial charge in [0.15, 0.2) is 11.5 Å². The van der Waals surface area contributed by atoms with Crippen LogP contribution >= 0.6 is 11.3 Å². The second-order valence-corrected chi connectivity index (χ2v) is 8.40. The van der Waals surface area contributed by atoms with Crippen LogP contribution in [-0.4, -0.2) is 56.3 Å². The Kier molecular flexibility index (Phi) is 6.80. The molecule has 7 nitrogen and oxygen atoms in total. The molecule has 32 heavy (non-hydrogen) atoms. The zero-order valence-corrected chi connectivity index (χ0v) is 19.2. The van der Waals surface area contributed by atoms with Gasteiger partial charge >= 0.3 is 0 Å². The summed E-state index contributed by atoms with van der Waals surface area (Å²) in [5.41, 5.74) is 1.75. The lowest BCUT2D eigenvalue weighted by Gasteiger charge is -2.30. The lowest BCUT2D eigenvalue weighted by molar-refractivity contribution is -0.127. The van der Waals surface area contributed by atoms with E-state index in [0.717, 1.165) is 34.4 Å². The van der Waals surface area contributed by atoms with E-state index in [1.807, 2.05) is 41.3 Å². The molecule has 1 amide bonds. The number of carbonyl (C=O) groups is 1. The maximum atomic E-state index is 12.6. The highest BCUT2D eigenvalue weighted by Gasteiger charge is 2.23. The molecule has 0 bridgehead atoms. The van der Waals surface area contributed by atoms with Crippen molar-refractivity contribution in [2.45, 2.75) is 18.9 Å². The van der Waals surface area contributed by atoms with Gasteiger partial charge in [0.1, 0.15) is 11.9 Å². The number of hydrogen-bond donors (Lipinski definition) is 0. The molecule has 4 rings (SSSR count). The van der Waals surface area contributed by atoms with E-state index in [9.17, 15) is 4.79 Å². The van der Waals surface area contributed by atoms with E-state index in [1.165, 1.54) is 11.3 Å². The quantitative estimate of drug-likeness (QED) is 0.493. The molecule has 1 saturated heterocycles. The molecular formula is C24H26N2O5S. The molecule has 0 spiro atoms. The van der Waals surface area contributed by atoms with Crippen molar-refractivity contribution in [3.05, 3.63) is 48.0 Å². The number of methoxy groups -OCH3 is 3. The van der Waals surface area contributed by atoms with Gasteiger partial charge in [-0.15, -0.1) is 0 Å². The van der Waals surface area contributed by atoms with Gasteiger partial charge in [0, 0.05) is 38.1 Å². The third-order valence-corrected chi connectivity index (χ3v) is 6.35. The molecule has 0 unspecified atom stereocenters. The van der Waals surface area contributed by atoms with Gasteiger partial charge < -0.3 is 23.8 Å². The Bertz CT molecular complexity index is 1120. The molecule has 3 aromatic rings. The van der Waals surface area contributed by atoms with Gasteiger partial charge in [-0.25, -0.2) is 4.98 Å². The van der Waals surface area contributed by atoms with Gasteiger partial charge in [-0.1, -0.05) is 17.4 Å². The number of benzene rings is 2. The van der Waals surface area contributed by atoms with Gasteiger partial charge in [-0.2, -0.15) is 0 Å². The maximum absolute atomic E-state index is 12.6. The van der Waals surface area contributed by atoms with Crippen molar-refractivity contribution in [3.8, 4) is 22.4 Å². The number of aromatic nitrogens is 1. The van der Waals surface area contributed by atoms with Crippen LogP contribution in [0.25, 0.3) is 16.3 Å². The molecule has 0 saturated carbocycles. The number of hydrogen-bond acceptors (Lipinski definition) is 7.